The number of nitrogens with one attached hydrogen (secondary N) is 1. The molecule has 5 nitrogen and oxygen atoms in total. The second-order valence-electron chi connectivity index (χ2n) is 7.03. The average Bonchev–Trinajstić information content (AvgIpc) is 2.19. The van der Waals surface area contributed by atoms with E-state index < -0.39 is 6.04 Å². The molecule has 0 saturated carbocycles. The zero-order valence-electron chi connectivity index (χ0n) is 12.9. The highest BCUT2D eigenvalue weighted by Crippen LogP contribution is 2.26. The first-order valence-corrected chi connectivity index (χ1v) is 6.73. The quantitative estimate of drug-likeness (QED) is 0.837. The van der Waals surface area contributed by atoms with E-state index in [-0.39, 0.29) is 29.4 Å². The van der Waals surface area contributed by atoms with Gasteiger partial charge in [-0.25, -0.2) is 0 Å². The van der Waals surface area contributed by atoms with E-state index in [1.54, 1.807) is 4.90 Å². The summed E-state index contributed by atoms with van der Waals surface area (Å²) < 4.78 is 5.65. The number of hydrogen-bond donors (Lipinski definition) is 1. The maximum absolute atomic E-state index is 12.0. The van der Waals surface area contributed by atoms with Crippen molar-refractivity contribution in [3.8, 4) is 0 Å². The summed E-state index contributed by atoms with van der Waals surface area (Å²) in [5.74, 6) is -0.125. The van der Waals surface area contributed by atoms with Gasteiger partial charge in [0.15, 0.2) is 0 Å². The van der Waals surface area contributed by atoms with Gasteiger partial charge in [0.05, 0.1) is 18.8 Å². The largest absolute Gasteiger partial charge is 0.374 e. The van der Waals surface area contributed by atoms with Crippen LogP contribution in [0.25, 0.3) is 0 Å². The van der Waals surface area contributed by atoms with Crippen LogP contribution in [0.3, 0.4) is 0 Å². The summed E-state index contributed by atoms with van der Waals surface area (Å²) in [7, 11) is 0. The molecule has 1 atom stereocenters. The number of amides is 2. The van der Waals surface area contributed by atoms with Crippen LogP contribution < -0.4 is 5.32 Å². The topological polar surface area (TPSA) is 58.6 Å². The van der Waals surface area contributed by atoms with Crippen molar-refractivity contribution in [2.45, 2.75) is 53.2 Å². The molecule has 2 amide bonds. The molecule has 0 aromatic heterocycles. The van der Waals surface area contributed by atoms with Crippen LogP contribution in [0.2, 0.25) is 0 Å². The minimum Gasteiger partial charge on any atom is -0.374 e. The molecule has 1 fully saturated rings. The molecule has 1 saturated heterocycles. The standard InChI is InChI=1S/C14H26N2O3/c1-13(2,3)11-12(18)15-9-10(17)16(11)7-8-19-14(4,5)6/h11H,7-9H2,1-6H3,(H,15,18). The van der Waals surface area contributed by atoms with Crippen molar-refractivity contribution in [1.82, 2.24) is 10.2 Å². The summed E-state index contributed by atoms with van der Waals surface area (Å²) in [5, 5.41) is 2.65. The highest BCUT2D eigenvalue weighted by atomic mass is 16.5. The molecule has 0 spiro atoms. The van der Waals surface area contributed by atoms with E-state index in [0.717, 1.165) is 0 Å². The maximum atomic E-state index is 12.0. The number of ether oxygens (including phenoxy) is 1. The van der Waals surface area contributed by atoms with E-state index in [4.69, 9.17) is 4.74 Å². The Morgan fingerprint density at radius 3 is 2.26 bits per heavy atom. The van der Waals surface area contributed by atoms with Crippen LogP contribution in [-0.4, -0.2) is 48.1 Å². The number of carbonyl (C=O) groups is 2. The Bertz CT molecular complexity index is 353. The second-order valence-corrected chi connectivity index (χ2v) is 7.03. The van der Waals surface area contributed by atoms with Gasteiger partial charge in [-0.05, 0) is 26.2 Å². The minimum absolute atomic E-state index is 0.0444. The van der Waals surface area contributed by atoms with Crippen LogP contribution in [0.1, 0.15) is 41.5 Å². The molecule has 19 heavy (non-hydrogen) atoms. The summed E-state index contributed by atoms with van der Waals surface area (Å²) >= 11 is 0. The molecule has 110 valence electrons. The van der Waals surface area contributed by atoms with Crippen LogP contribution >= 0.6 is 0 Å². The van der Waals surface area contributed by atoms with Crippen molar-refractivity contribution < 1.29 is 14.3 Å². The fourth-order valence-corrected chi connectivity index (χ4v) is 2.21. The van der Waals surface area contributed by atoms with Crippen LogP contribution in [0, 0.1) is 5.41 Å². The molecule has 0 radical (unpaired) electrons. The summed E-state index contributed by atoms with van der Waals surface area (Å²) in [6.45, 7) is 12.8. The Morgan fingerprint density at radius 2 is 1.79 bits per heavy atom. The normalized spacial score (nSPS) is 21.6. The fraction of sp³-hybridized carbons (Fsp3) is 0.857. The van der Waals surface area contributed by atoms with Gasteiger partial charge in [0, 0.05) is 6.54 Å². The zero-order valence-corrected chi connectivity index (χ0v) is 12.9. The predicted octanol–water partition coefficient (Wildman–Crippen LogP) is 1.17. The molecule has 1 aliphatic heterocycles. The highest BCUT2D eigenvalue weighted by Gasteiger charge is 2.41. The lowest BCUT2D eigenvalue weighted by atomic mass is 9.84. The third-order valence-corrected chi connectivity index (χ3v) is 2.98. The van der Waals surface area contributed by atoms with Crippen molar-refractivity contribution in [1.29, 1.82) is 0 Å². The maximum Gasteiger partial charge on any atom is 0.243 e. The summed E-state index contributed by atoms with van der Waals surface area (Å²) in [6, 6.07) is -0.433. The molecule has 1 rings (SSSR count). The van der Waals surface area contributed by atoms with E-state index in [2.05, 4.69) is 5.32 Å². The lowest BCUT2D eigenvalue weighted by Gasteiger charge is -2.42. The van der Waals surface area contributed by atoms with Gasteiger partial charge >= 0.3 is 0 Å². The Labute approximate surface area is 115 Å². The monoisotopic (exact) mass is 270 g/mol. The van der Waals surface area contributed by atoms with E-state index in [1.165, 1.54) is 0 Å². The molecular formula is C14H26N2O3. The van der Waals surface area contributed by atoms with E-state index in [0.29, 0.717) is 13.2 Å². The number of hydrogen-bond acceptors (Lipinski definition) is 3. The third kappa shape index (κ3) is 4.49. The average molecular weight is 270 g/mol. The number of carbonyl (C=O) groups excluding carboxylic acids is 2. The van der Waals surface area contributed by atoms with Gasteiger partial charge < -0.3 is 15.0 Å². The fourth-order valence-electron chi connectivity index (χ4n) is 2.21. The zero-order chi connectivity index (χ0) is 14.8. The third-order valence-electron chi connectivity index (χ3n) is 2.98. The van der Waals surface area contributed by atoms with Gasteiger partial charge in [0.25, 0.3) is 0 Å². The first-order valence-electron chi connectivity index (χ1n) is 6.73. The first kappa shape index (κ1) is 16.0. The van der Waals surface area contributed by atoms with E-state index in [1.807, 2.05) is 41.5 Å². The molecule has 5 heteroatoms. The van der Waals surface area contributed by atoms with Crippen molar-refractivity contribution >= 4 is 11.8 Å². The van der Waals surface area contributed by atoms with E-state index >= 15 is 0 Å². The van der Waals surface area contributed by atoms with E-state index in [9.17, 15) is 9.59 Å². The lowest BCUT2D eigenvalue weighted by molar-refractivity contribution is -0.151. The summed E-state index contributed by atoms with van der Waals surface area (Å²) in [5.41, 5.74) is -0.528. The predicted molar refractivity (Wildman–Crippen MR) is 73.7 cm³/mol. The highest BCUT2D eigenvalue weighted by molar-refractivity contribution is 5.95. The van der Waals surface area contributed by atoms with Crippen molar-refractivity contribution in [3.05, 3.63) is 0 Å². The van der Waals surface area contributed by atoms with Gasteiger partial charge in [-0.3, -0.25) is 9.59 Å². The molecule has 1 unspecified atom stereocenters. The van der Waals surface area contributed by atoms with Gasteiger partial charge in [0.1, 0.15) is 6.04 Å². The SMILES string of the molecule is CC(C)(C)OCCN1C(=O)CNC(=O)C1C(C)(C)C. The molecule has 1 aliphatic rings. The molecule has 0 aromatic rings. The molecule has 1 heterocycles. The molecule has 0 aliphatic carbocycles. The Hall–Kier alpha value is -1.10. The summed E-state index contributed by atoms with van der Waals surface area (Å²) in [6.07, 6.45) is 0. The molecular weight excluding hydrogens is 244 g/mol. The number of rotatable bonds is 3. The Balaban J connectivity index is 2.74. The Kier molecular flexibility index (Phi) is 4.61. The van der Waals surface area contributed by atoms with Gasteiger partial charge in [0.2, 0.25) is 11.8 Å². The van der Waals surface area contributed by atoms with Crippen LogP contribution in [0.15, 0.2) is 0 Å². The Morgan fingerprint density at radius 1 is 1.21 bits per heavy atom. The van der Waals surface area contributed by atoms with Crippen LogP contribution in [-0.2, 0) is 14.3 Å². The first-order chi connectivity index (χ1) is 8.52. The van der Waals surface area contributed by atoms with Gasteiger partial charge in [-0.2, -0.15) is 0 Å². The van der Waals surface area contributed by atoms with Gasteiger partial charge in [-0.1, -0.05) is 20.8 Å². The number of nitrogens with zero attached hydrogens (tertiary/aromatic N) is 1. The van der Waals surface area contributed by atoms with Crippen molar-refractivity contribution in [3.63, 3.8) is 0 Å². The van der Waals surface area contributed by atoms with Crippen LogP contribution in [0.5, 0.6) is 0 Å². The van der Waals surface area contributed by atoms with Crippen molar-refractivity contribution in [2.75, 3.05) is 19.7 Å². The number of piperazine rings is 1. The molecule has 1 N–H and O–H groups in total. The molecule has 0 bridgehead atoms. The van der Waals surface area contributed by atoms with Gasteiger partial charge in [-0.15, -0.1) is 0 Å². The molecule has 0 aromatic carbocycles. The van der Waals surface area contributed by atoms with Crippen molar-refractivity contribution in [2.24, 2.45) is 5.41 Å². The lowest BCUT2D eigenvalue weighted by Crippen LogP contribution is -2.63. The second kappa shape index (κ2) is 5.49. The minimum atomic E-state index is -0.433. The van der Waals surface area contributed by atoms with Crippen LogP contribution in [0.4, 0.5) is 0 Å². The smallest absolute Gasteiger partial charge is 0.243 e. The summed E-state index contributed by atoms with van der Waals surface area (Å²) in [4.78, 5) is 25.7.